The van der Waals surface area contributed by atoms with Crippen molar-refractivity contribution in [3.63, 3.8) is 0 Å². The van der Waals surface area contributed by atoms with E-state index in [9.17, 15) is 9.59 Å². The number of nitrogens with zero attached hydrogens (tertiary/aromatic N) is 5. The van der Waals surface area contributed by atoms with Crippen molar-refractivity contribution in [2.75, 3.05) is 0 Å². The van der Waals surface area contributed by atoms with Gasteiger partial charge in [0.15, 0.2) is 11.2 Å². The molecule has 0 saturated carbocycles. The van der Waals surface area contributed by atoms with Crippen LogP contribution in [0, 0.1) is 0 Å². The molecule has 0 saturated heterocycles. The first-order chi connectivity index (χ1) is 8.99. The van der Waals surface area contributed by atoms with Gasteiger partial charge in [0.1, 0.15) is 5.82 Å². The zero-order valence-corrected chi connectivity index (χ0v) is 10.7. The Morgan fingerprint density at radius 2 is 1.89 bits per heavy atom. The number of aromatic nitrogens is 6. The van der Waals surface area contributed by atoms with Gasteiger partial charge in [0, 0.05) is 27.3 Å². The highest BCUT2D eigenvalue weighted by molar-refractivity contribution is 5.76. The fourth-order valence-corrected chi connectivity index (χ4v) is 2.10. The van der Waals surface area contributed by atoms with Gasteiger partial charge in [0.05, 0.1) is 11.8 Å². The van der Waals surface area contributed by atoms with Crippen LogP contribution < -0.4 is 11.2 Å². The van der Waals surface area contributed by atoms with Crippen LogP contribution in [0.15, 0.2) is 22.0 Å². The summed E-state index contributed by atoms with van der Waals surface area (Å²) in [6.07, 6.45) is 3.46. The fraction of sp³-hybridized carbons (Fsp3) is 0.273. The van der Waals surface area contributed by atoms with Crippen molar-refractivity contribution in [3.8, 4) is 11.4 Å². The van der Waals surface area contributed by atoms with Gasteiger partial charge >= 0.3 is 5.69 Å². The molecule has 0 aliphatic heterocycles. The first-order valence-corrected chi connectivity index (χ1v) is 5.64. The van der Waals surface area contributed by atoms with Crippen LogP contribution in [-0.2, 0) is 21.1 Å². The zero-order valence-electron chi connectivity index (χ0n) is 10.7. The summed E-state index contributed by atoms with van der Waals surface area (Å²) in [5.74, 6) is 0.592. The zero-order chi connectivity index (χ0) is 13.7. The Hall–Kier alpha value is -2.64. The van der Waals surface area contributed by atoms with E-state index in [0.29, 0.717) is 17.0 Å². The molecular weight excluding hydrogens is 248 g/mol. The molecular formula is C11H12N6O2. The van der Waals surface area contributed by atoms with E-state index in [1.54, 1.807) is 42.8 Å². The predicted octanol–water partition coefficient (Wildman–Crippen LogP) is -0.639. The standard InChI is InChI=1S/C11H12N6O2/c1-15-5-6(4-12-15)8-13-9-7(16(8)2)10(18)14-11(19)17(9)3/h4-5H,1-3H3,(H,14,18,19). The van der Waals surface area contributed by atoms with Crippen LogP contribution in [0.25, 0.3) is 22.6 Å². The van der Waals surface area contributed by atoms with Crippen molar-refractivity contribution in [2.45, 2.75) is 0 Å². The Balaban J connectivity index is 2.44. The molecule has 3 heterocycles. The van der Waals surface area contributed by atoms with Crippen LogP contribution in [0.2, 0.25) is 0 Å². The van der Waals surface area contributed by atoms with Gasteiger partial charge in [-0.15, -0.1) is 0 Å². The van der Waals surface area contributed by atoms with Crippen molar-refractivity contribution >= 4 is 11.2 Å². The second kappa shape index (κ2) is 3.67. The van der Waals surface area contributed by atoms with E-state index in [-0.39, 0.29) is 0 Å². The molecule has 0 spiro atoms. The molecule has 0 amide bonds. The van der Waals surface area contributed by atoms with E-state index >= 15 is 0 Å². The number of H-pyrrole nitrogens is 1. The molecule has 8 nitrogen and oxygen atoms in total. The first kappa shape index (κ1) is 11.5. The number of aromatic amines is 1. The van der Waals surface area contributed by atoms with Crippen LogP contribution in [-0.4, -0.2) is 28.9 Å². The van der Waals surface area contributed by atoms with E-state index < -0.39 is 11.2 Å². The first-order valence-electron chi connectivity index (χ1n) is 5.64. The molecule has 0 atom stereocenters. The van der Waals surface area contributed by atoms with Gasteiger partial charge < -0.3 is 4.57 Å². The summed E-state index contributed by atoms with van der Waals surface area (Å²) in [6.45, 7) is 0. The molecule has 1 N–H and O–H groups in total. The lowest BCUT2D eigenvalue weighted by molar-refractivity contribution is 0.767. The van der Waals surface area contributed by atoms with Crippen molar-refractivity contribution in [1.29, 1.82) is 0 Å². The van der Waals surface area contributed by atoms with Gasteiger partial charge in [0.2, 0.25) is 0 Å². The normalized spacial score (nSPS) is 11.3. The van der Waals surface area contributed by atoms with Crippen molar-refractivity contribution in [3.05, 3.63) is 33.2 Å². The van der Waals surface area contributed by atoms with Gasteiger partial charge in [0.25, 0.3) is 5.56 Å². The summed E-state index contributed by atoms with van der Waals surface area (Å²) in [6, 6.07) is 0. The highest BCUT2D eigenvalue weighted by Gasteiger charge is 2.16. The number of rotatable bonds is 1. The van der Waals surface area contributed by atoms with E-state index in [2.05, 4.69) is 15.1 Å². The third kappa shape index (κ3) is 1.53. The number of aryl methyl sites for hydroxylation is 3. The van der Waals surface area contributed by atoms with E-state index in [1.807, 2.05) is 0 Å². The summed E-state index contributed by atoms with van der Waals surface area (Å²) < 4.78 is 4.62. The van der Waals surface area contributed by atoms with Gasteiger partial charge in [-0.2, -0.15) is 5.10 Å². The summed E-state index contributed by atoms with van der Waals surface area (Å²) in [7, 11) is 5.10. The molecule has 0 fully saturated rings. The molecule has 19 heavy (non-hydrogen) atoms. The minimum atomic E-state index is -0.478. The summed E-state index contributed by atoms with van der Waals surface area (Å²) in [5, 5.41) is 4.08. The Kier molecular flexibility index (Phi) is 2.21. The van der Waals surface area contributed by atoms with E-state index in [1.165, 1.54) is 4.57 Å². The Labute approximate surface area is 106 Å². The molecule has 98 valence electrons. The minimum absolute atomic E-state index is 0.357. The Bertz CT molecular complexity index is 894. The largest absolute Gasteiger partial charge is 0.329 e. The number of hydrogen-bond acceptors (Lipinski definition) is 4. The third-order valence-electron chi connectivity index (χ3n) is 3.10. The average molecular weight is 260 g/mol. The van der Waals surface area contributed by atoms with Crippen molar-refractivity contribution < 1.29 is 0 Å². The van der Waals surface area contributed by atoms with Crippen LogP contribution >= 0.6 is 0 Å². The second-order valence-electron chi connectivity index (χ2n) is 4.39. The number of hydrogen-bond donors (Lipinski definition) is 1. The highest BCUT2D eigenvalue weighted by atomic mass is 16.2. The van der Waals surface area contributed by atoms with Gasteiger partial charge in [-0.25, -0.2) is 9.78 Å². The highest BCUT2D eigenvalue weighted by Crippen LogP contribution is 2.19. The third-order valence-corrected chi connectivity index (χ3v) is 3.10. The molecule has 0 aromatic carbocycles. The van der Waals surface area contributed by atoms with E-state index in [0.717, 1.165) is 5.56 Å². The molecule has 0 aliphatic rings. The maximum Gasteiger partial charge on any atom is 0.329 e. The molecule has 0 unspecified atom stereocenters. The molecule has 3 rings (SSSR count). The van der Waals surface area contributed by atoms with Crippen LogP contribution in [0.1, 0.15) is 0 Å². The van der Waals surface area contributed by atoms with Crippen molar-refractivity contribution in [1.82, 2.24) is 28.9 Å². The average Bonchev–Trinajstić information content (AvgIpc) is 2.91. The SMILES string of the molecule is Cn1cc(-c2nc3c(c(=O)[nH]c(=O)n3C)n2C)cn1. The molecule has 3 aromatic rings. The summed E-state index contributed by atoms with van der Waals surface area (Å²) in [5.41, 5.74) is 0.584. The van der Waals surface area contributed by atoms with Crippen LogP contribution in [0.4, 0.5) is 0 Å². The van der Waals surface area contributed by atoms with Gasteiger partial charge in [-0.05, 0) is 0 Å². The smallest absolute Gasteiger partial charge is 0.321 e. The number of fused-ring (bicyclic) bond motifs is 1. The number of nitrogens with one attached hydrogen (secondary N) is 1. The summed E-state index contributed by atoms with van der Waals surface area (Å²) in [4.78, 5) is 30.1. The second-order valence-corrected chi connectivity index (χ2v) is 4.39. The van der Waals surface area contributed by atoms with Gasteiger partial charge in [-0.3, -0.25) is 19.0 Å². The lowest BCUT2D eigenvalue weighted by Crippen LogP contribution is -2.29. The minimum Gasteiger partial charge on any atom is -0.321 e. The molecule has 3 aromatic heterocycles. The maximum absolute atomic E-state index is 11.9. The van der Waals surface area contributed by atoms with Crippen LogP contribution in [0.3, 0.4) is 0 Å². The Morgan fingerprint density at radius 3 is 2.53 bits per heavy atom. The topological polar surface area (TPSA) is 90.5 Å². The lowest BCUT2D eigenvalue weighted by atomic mass is 10.3. The van der Waals surface area contributed by atoms with Crippen LogP contribution in [0.5, 0.6) is 0 Å². The Morgan fingerprint density at radius 1 is 1.16 bits per heavy atom. The number of imidazole rings is 1. The maximum atomic E-state index is 11.9. The molecule has 0 bridgehead atoms. The monoisotopic (exact) mass is 260 g/mol. The van der Waals surface area contributed by atoms with E-state index in [4.69, 9.17) is 0 Å². The molecule has 0 radical (unpaired) electrons. The summed E-state index contributed by atoms with van der Waals surface area (Å²) >= 11 is 0. The fourth-order valence-electron chi connectivity index (χ4n) is 2.10. The lowest BCUT2D eigenvalue weighted by Gasteiger charge is -1.98. The predicted molar refractivity (Wildman–Crippen MR) is 68.8 cm³/mol. The molecule has 0 aliphatic carbocycles. The van der Waals surface area contributed by atoms with Crippen molar-refractivity contribution in [2.24, 2.45) is 21.1 Å². The quantitative estimate of drug-likeness (QED) is 0.630. The van der Waals surface area contributed by atoms with Gasteiger partial charge in [-0.1, -0.05) is 0 Å². The molecule has 8 heteroatoms.